The van der Waals surface area contributed by atoms with Crippen molar-refractivity contribution >= 4 is 17.5 Å². The minimum absolute atomic E-state index is 0.0367. The lowest BCUT2D eigenvalue weighted by Gasteiger charge is -2.32. The van der Waals surface area contributed by atoms with Gasteiger partial charge in [-0.2, -0.15) is 0 Å². The molecule has 0 saturated carbocycles. The van der Waals surface area contributed by atoms with Gasteiger partial charge in [0.1, 0.15) is 17.9 Å². The standard InChI is InChI=1S/C20H21N5O2/c1-14-10-18(24-27-14)23-20(26)16-8-5-9-25(12-16)19-11-17(21-13-22-19)15-6-3-2-4-7-15/h2-4,6-7,10-11,13,16H,5,8-9,12H2,1H3,(H,23,24,26). The molecule has 138 valence electrons. The van der Waals surface area contributed by atoms with Crippen LogP contribution in [-0.2, 0) is 4.79 Å². The van der Waals surface area contributed by atoms with E-state index in [1.54, 1.807) is 19.3 Å². The average Bonchev–Trinajstić information content (AvgIpc) is 3.13. The lowest BCUT2D eigenvalue weighted by molar-refractivity contribution is -0.120. The minimum atomic E-state index is -0.120. The minimum Gasteiger partial charge on any atom is -0.360 e. The van der Waals surface area contributed by atoms with E-state index in [-0.39, 0.29) is 11.8 Å². The molecule has 1 amide bonds. The van der Waals surface area contributed by atoms with Crippen molar-refractivity contribution in [2.24, 2.45) is 5.92 Å². The number of anilines is 2. The number of aromatic nitrogens is 3. The fraction of sp³-hybridized carbons (Fsp3) is 0.300. The Balaban J connectivity index is 1.47. The van der Waals surface area contributed by atoms with Gasteiger partial charge in [0.15, 0.2) is 5.82 Å². The van der Waals surface area contributed by atoms with Gasteiger partial charge in [0.25, 0.3) is 0 Å². The summed E-state index contributed by atoms with van der Waals surface area (Å²) in [5.41, 5.74) is 1.93. The first-order chi connectivity index (χ1) is 13.2. The fourth-order valence-electron chi connectivity index (χ4n) is 3.34. The molecule has 2 aromatic heterocycles. The summed E-state index contributed by atoms with van der Waals surface area (Å²) >= 11 is 0. The number of rotatable bonds is 4. The van der Waals surface area contributed by atoms with E-state index in [9.17, 15) is 4.79 Å². The second-order valence-corrected chi connectivity index (χ2v) is 6.72. The van der Waals surface area contributed by atoms with Crippen LogP contribution >= 0.6 is 0 Å². The average molecular weight is 363 g/mol. The van der Waals surface area contributed by atoms with Crippen molar-refractivity contribution in [1.29, 1.82) is 0 Å². The van der Waals surface area contributed by atoms with Crippen molar-refractivity contribution in [3.8, 4) is 11.3 Å². The molecule has 1 aromatic carbocycles. The Bertz CT molecular complexity index is 925. The van der Waals surface area contributed by atoms with Crippen LogP contribution in [0.15, 0.2) is 53.3 Å². The number of hydrogen-bond acceptors (Lipinski definition) is 6. The Morgan fingerprint density at radius 3 is 2.85 bits per heavy atom. The van der Waals surface area contributed by atoms with Gasteiger partial charge in [-0.05, 0) is 19.8 Å². The molecule has 1 atom stereocenters. The molecule has 7 nitrogen and oxygen atoms in total. The molecule has 27 heavy (non-hydrogen) atoms. The number of amides is 1. The van der Waals surface area contributed by atoms with Gasteiger partial charge in [-0.3, -0.25) is 4.79 Å². The molecule has 3 heterocycles. The first-order valence-corrected chi connectivity index (χ1v) is 9.05. The predicted octanol–water partition coefficient (Wildman–Crippen LogP) is 3.30. The maximum atomic E-state index is 12.6. The van der Waals surface area contributed by atoms with Crippen molar-refractivity contribution in [3.05, 3.63) is 54.6 Å². The maximum absolute atomic E-state index is 12.6. The quantitative estimate of drug-likeness (QED) is 0.766. The lowest BCUT2D eigenvalue weighted by Crippen LogP contribution is -2.41. The third-order valence-electron chi connectivity index (χ3n) is 4.72. The van der Waals surface area contributed by atoms with Crippen molar-refractivity contribution in [2.45, 2.75) is 19.8 Å². The van der Waals surface area contributed by atoms with E-state index in [0.717, 1.165) is 36.5 Å². The Labute approximate surface area is 157 Å². The van der Waals surface area contributed by atoms with Crippen LogP contribution in [0.1, 0.15) is 18.6 Å². The highest BCUT2D eigenvalue weighted by atomic mass is 16.5. The number of benzene rings is 1. The predicted molar refractivity (Wildman–Crippen MR) is 102 cm³/mol. The van der Waals surface area contributed by atoms with E-state index in [1.165, 1.54) is 0 Å². The van der Waals surface area contributed by atoms with Crippen LogP contribution < -0.4 is 10.2 Å². The highest BCUT2D eigenvalue weighted by molar-refractivity contribution is 5.92. The smallest absolute Gasteiger partial charge is 0.230 e. The third-order valence-corrected chi connectivity index (χ3v) is 4.72. The van der Waals surface area contributed by atoms with E-state index in [4.69, 9.17) is 4.52 Å². The second kappa shape index (κ2) is 7.57. The lowest BCUT2D eigenvalue weighted by atomic mass is 9.97. The molecule has 1 N–H and O–H groups in total. The second-order valence-electron chi connectivity index (χ2n) is 6.72. The number of nitrogens with zero attached hydrogens (tertiary/aromatic N) is 4. The summed E-state index contributed by atoms with van der Waals surface area (Å²) in [7, 11) is 0. The zero-order valence-electron chi connectivity index (χ0n) is 15.1. The van der Waals surface area contributed by atoms with E-state index in [2.05, 4.69) is 25.3 Å². The Morgan fingerprint density at radius 1 is 1.22 bits per heavy atom. The molecule has 7 heteroatoms. The summed E-state index contributed by atoms with van der Waals surface area (Å²) in [4.78, 5) is 23.5. The number of carbonyl (C=O) groups is 1. The highest BCUT2D eigenvalue weighted by Gasteiger charge is 2.27. The first kappa shape index (κ1) is 17.2. The van der Waals surface area contributed by atoms with Gasteiger partial charge < -0.3 is 14.7 Å². The van der Waals surface area contributed by atoms with E-state index < -0.39 is 0 Å². The number of hydrogen-bond donors (Lipinski definition) is 1. The molecule has 4 rings (SSSR count). The molecular formula is C20H21N5O2. The molecule has 1 aliphatic rings. The van der Waals surface area contributed by atoms with Gasteiger partial charge in [0.2, 0.25) is 5.91 Å². The van der Waals surface area contributed by atoms with Gasteiger partial charge in [-0.15, -0.1) is 0 Å². The SMILES string of the molecule is Cc1cc(NC(=O)C2CCCN(c3cc(-c4ccccc4)ncn3)C2)no1. The van der Waals surface area contributed by atoms with Crippen molar-refractivity contribution in [2.75, 3.05) is 23.3 Å². The molecule has 1 fully saturated rings. The molecule has 0 radical (unpaired) electrons. The molecule has 0 spiro atoms. The van der Waals surface area contributed by atoms with Crippen molar-refractivity contribution in [3.63, 3.8) is 0 Å². The number of aryl methyl sites for hydroxylation is 1. The van der Waals surface area contributed by atoms with Crippen LogP contribution in [0.25, 0.3) is 11.3 Å². The first-order valence-electron chi connectivity index (χ1n) is 9.05. The van der Waals surface area contributed by atoms with E-state index in [0.29, 0.717) is 18.1 Å². The number of nitrogens with one attached hydrogen (secondary N) is 1. The van der Waals surface area contributed by atoms with E-state index >= 15 is 0 Å². The highest BCUT2D eigenvalue weighted by Crippen LogP contribution is 2.25. The van der Waals surface area contributed by atoms with E-state index in [1.807, 2.05) is 36.4 Å². The van der Waals surface area contributed by atoms with Crippen molar-refractivity contribution < 1.29 is 9.32 Å². The van der Waals surface area contributed by atoms with Crippen molar-refractivity contribution in [1.82, 2.24) is 15.1 Å². The molecule has 1 saturated heterocycles. The monoisotopic (exact) mass is 363 g/mol. The molecule has 0 aliphatic carbocycles. The van der Waals surface area contributed by atoms with Crippen LogP contribution in [-0.4, -0.2) is 34.1 Å². The maximum Gasteiger partial charge on any atom is 0.230 e. The molecule has 3 aromatic rings. The molecule has 0 bridgehead atoms. The topological polar surface area (TPSA) is 84.2 Å². The summed E-state index contributed by atoms with van der Waals surface area (Å²) in [5, 5.41) is 6.67. The zero-order valence-corrected chi connectivity index (χ0v) is 15.1. The van der Waals surface area contributed by atoms with Crippen LogP contribution in [0.3, 0.4) is 0 Å². The van der Waals surface area contributed by atoms with Gasteiger partial charge in [0, 0.05) is 30.8 Å². The van der Waals surface area contributed by atoms with Gasteiger partial charge in [-0.25, -0.2) is 9.97 Å². The van der Waals surface area contributed by atoms with Gasteiger partial charge >= 0.3 is 0 Å². The number of carbonyl (C=O) groups excluding carboxylic acids is 1. The largest absolute Gasteiger partial charge is 0.360 e. The summed E-state index contributed by atoms with van der Waals surface area (Å²) in [6.07, 6.45) is 3.36. The number of piperidine rings is 1. The zero-order chi connectivity index (χ0) is 18.6. The Hall–Kier alpha value is -3.22. The molecular weight excluding hydrogens is 342 g/mol. The Kier molecular flexibility index (Phi) is 4.82. The third kappa shape index (κ3) is 3.97. The van der Waals surface area contributed by atoms with Gasteiger partial charge in [-0.1, -0.05) is 35.5 Å². The Morgan fingerprint density at radius 2 is 2.07 bits per heavy atom. The van der Waals surface area contributed by atoms with Crippen LogP contribution in [0.5, 0.6) is 0 Å². The summed E-state index contributed by atoms with van der Waals surface area (Å²) in [5.74, 6) is 1.82. The van der Waals surface area contributed by atoms with Crippen LogP contribution in [0.4, 0.5) is 11.6 Å². The molecule has 1 unspecified atom stereocenters. The fourth-order valence-corrected chi connectivity index (χ4v) is 3.34. The van der Waals surface area contributed by atoms with Crippen LogP contribution in [0, 0.1) is 12.8 Å². The summed E-state index contributed by atoms with van der Waals surface area (Å²) < 4.78 is 5.01. The summed E-state index contributed by atoms with van der Waals surface area (Å²) in [6.45, 7) is 3.29. The van der Waals surface area contributed by atoms with Crippen LogP contribution in [0.2, 0.25) is 0 Å². The summed E-state index contributed by atoms with van der Waals surface area (Å²) in [6, 6.07) is 13.7. The molecule has 1 aliphatic heterocycles. The van der Waals surface area contributed by atoms with Gasteiger partial charge in [0.05, 0.1) is 11.6 Å². The normalized spacial score (nSPS) is 16.9.